The minimum Gasteiger partial charge on any atom is -0.393 e. The van der Waals surface area contributed by atoms with E-state index < -0.39 is 0 Å². The summed E-state index contributed by atoms with van der Waals surface area (Å²) in [5, 5.41) is 21.2. The molecule has 15 heavy (non-hydrogen) atoms. The van der Waals surface area contributed by atoms with Gasteiger partial charge in [-0.3, -0.25) is 4.98 Å². The molecule has 0 aromatic carbocycles. The molecular weight excluding hydrogens is 190 g/mol. The summed E-state index contributed by atoms with van der Waals surface area (Å²) in [4.78, 5) is 3.97. The van der Waals surface area contributed by atoms with Gasteiger partial charge in [0, 0.05) is 12.7 Å². The predicted molar refractivity (Wildman–Crippen MR) is 56.2 cm³/mol. The lowest BCUT2D eigenvalue weighted by atomic mass is 9.82. The number of anilines is 1. The van der Waals surface area contributed by atoms with Crippen molar-refractivity contribution in [3.8, 4) is 6.07 Å². The highest BCUT2D eigenvalue weighted by atomic mass is 16.3. The zero-order valence-corrected chi connectivity index (χ0v) is 8.35. The molecule has 2 N–H and O–H groups in total. The highest BCUT2D eigenvalue weighted by Crippen LogP contribution is 2.27. The van der Waals surface area contributed by atoms with Crippen LogP contribution in [0, 0.1) is 17.2 Å². The Kier molecular flexibility index (Phi) is 2.84. The Labute approximate surface area is 88.6 Å². The number of pyridine rings is 1. The number of hydrogen-bond acceptors (Lipinski definition) is 4. The van der Waals surface area contributed by atoms with Crippen LogP contribution in [0.15, 0.2) is 18.5 Å². The Morgan fingerprint density at radius 2 is 2.40 bits per heavy atom. The molecule has 1 fully saturated rings. The van der Waals surface area contributed by atoms with Crippen LogP contribution in [0.25, 0.3) is 0 Å². The molecule has 4 nitrogen and oxygen atoms in total. The number of hydrogen-bond donors (Lipinski definition) is 2. The molecule has 0 atom stereocenters. The maximum absolute atomic E-state index is 9.12. The van der Waals surface area contributed by atoms with Crippen molar-refractivity contribution in [2.45, 2.75) is 18.9 Å². The van der Waals surface area contributed by atoms with Crippen LogP contribution >= 0.6 is 0 Å². The molecule has 0 radical (unpaired) electrons. The second-order valence-electron chi connectivity index (χ2n) is 3.91. The summed E-state index contributed by atoms with van der Waals surface area (Å²) in [6, 6.07) is 3.80. The standard InChI is InChI=1S/C11H13N3O/c12-5-9-1-2-13-7-11(9)14-6-8-3-10(15)4-8/h1-2,7-8,10,14-15H,3-4,6H2. The first kappa shape index (κ1) is 9.94. The van der Waals surface area contributed by atoms with Gasteiger partial charge in [0.15, 0.2) is 0 Å². The first-order valence-electron chi connectivity index (χ1n) is 5.05. The maximum atomic E-state index is 9.12. The molecule has 1 aromatic rings. The van der Waals surface area contributed by atoms with Gasteiger partial charge < -0.3 is 10.4 Å². The van der Waals surface area contributed by atoms with Crippen LogP contribution in [0.3, 0.4) is 0 Å². The van der Waals surface area contributed by atoms with Crippen LogP contribution < -0.4 is 5.32 Å². The average Bonchev–Trinajstić information content (AvgIpc) is 2.23. The van der Waals surface area contributed by atoms with E-state index in [0.29, 0.717) is 11.5 Å². The van der Waals surface area contributed by atoms with Gasteiger partial charge in [0.2, 0.25) is 0 Å². The van der Waals surface area contributed by atoms with E-state index in [1.54, 1.807) is 18.5 Å². The molecule has 2 rings (SSSR count). The lowest BCUT2D eigenvalue weighted by Gasteiger charge is -2.31. The smallest absolute Gasteiger partial charge is 0.101 e. The summed E-state index contributed by atoms with van der Waals surface area (Å²) in [6.45, 7) is 0.803. The third kappa shape index (κ3) is 2.25. The fourth-order valence-corrected chi connectivity index (χ4v) is 1.75. The Morgan fingerprint density at radius 3 is 3.07 bits per heavy atom. The highest BCUT2D eigenvalue weighted by Gasteiger charge is 2.26. The zero-order chi connectivity index (χ0) is 10.7. The molecule has 0 saturated heterocycles. The highest BCUT2D eigenvalue weighted by molar-refractivity contribution is 5.55. The van der Waals surface area contributed by atoms with E-state index in [1.165, 1.54) is 0 Å². The van der Waals surface area contributed by atoms with Crippen LogP contribution in [-0.2, 0) is 0 Å². The topological polar surface area (TPSA) is 68.9 Å². The van der Waals surface area contributed by atoms with Crippen molar-refractivity contribution in [3.63, 3.8) is 0 Å². The molecule has 0 spiro atoms. The van der Waals surface area contributed by atoms with E-state index in [4.69, 9.17) is 10.4 Å². The maximum Gasteiger partial charge on any atom is 0.101 e. The van der Waals surface area contributed by atoms with E-state index in [9.17, 15) is 0 Å². The lowest BCUT2D eigenvalue weighted by molar-refractivity contribution is 0.0487. The van der Waals surface area contributed by atoms with Crippen LogP contribution in [0.4, 0.5) is 5.69 Å². The summed E-state index contributed by atoms with van der Waals surface area (Å²) in [6.07, 6.45) is 4.86. The lowest BCUT2D eigenvalue weighted by Crippen LogP contribution is -2.33. The van der Waals surface area contributed by atoms with Gasteiger partial charge in [0.1, 0.15) is 6.07 Å². The van der Waals surface area contributed by atoms with Crippen molar-refractivity contribution in [3.05, 3.63) is 24.0 Å². The van der Waals surface area contributed by atoms with Crippen LogP contribution in [0.2, 0.25) is 0 Å². The summed E-state index contributed by atoms with van der Waals surface area (Å²) in [5.74, 6) is 0.520. The normalized spacial score (nSPS) is 24.0. The quantitative estimate of drug-likeness (QED) is 0.772. The van der Waals surface area contributed by atoms with Crippen molar-refractivity contribution in [1.29, 1.82) is 5.26 Å². The summed E-state index contributed by atoms with van der Waals surface area (Å²) in [7, 11) is 0. The molecule has 78 valence electrons. The van der Waals surface area contributed by atoms with Gasteiger partial charge in [0.25, 0.3) is 0 Å². The van der Waals surface area contributed by atoms with Crippen molar-refractivity contribution < 1.29 is 5.11 Å². The van der Waals surface area contributed by atoms with Crippen LogP contribution in [0.5, 0.6) is 0 Å². The third-order valence-corrected chi connectivity index (χ3v) is 2.73. The molecule has 1 heterocycles. The van der Waals surface area contributed by atoms with Gasteiger partial charge in [-0.05, 0) is 24.8 Å². The van der Waals surface area contributed by atoms with E-state index in [1.807, 2.05) is 0 Å². The second-order valence-corrected chi connectivity index (χ2v) is 3.91. The number of nitriles is 1. The molecule has 1 aromatic heterocycles. The van der Waals surface area contributed by atoms with Gasteiger partial charge in [-0.1, -0.05) is 0 Å². The van der Waals surface area contributed by atoms with Crippen molar-refractivity contribution in [1.82, 2.24) is 4.98 Å². The Hall–Kier alpha value is -1.60. The predicted octanol–water partition coefficient (Wildman–Crippen LogP) is 1.14. The first-order valence-corrected chi connectivity index (χ1v) is 5.05. The Morgan fingerprint density at radius 1 is 1.60 bits per heavy atom. The van der Waals surface area contributed by atoms with Gasteiger partial charge in [0.05, 0.1) is 23.6 Å². The van der Waals surface area contributed by atoms with Gasteiger partial charge in [-0.25, -0.2) is 0 Å². The fourth-order valence-electron chi connectivity index (χ4n) is 1.75. The molecule has 0 bridgehead atoms. The van der Waals surface area contributed by atoms with Crippen molar-refractivity contribution in [2.75, 3.05) is 11.9 Å². The summed E-state index contributed by atoms with van der Waals surface area (Å²) < 4.78 is 0. The van der Waals surface area contributed by atoms with Gasteiger partial charge in [-0.15, -0.1) is 0 Å². The average molecular weight is 203 g/mol. The van der Waals surface area contributed by atoms with E-state index in [2.05, 4.69) is 16.4 Å². The van der Waals surface area contributed by atoms with E-state index in [-0.39, 0.29) is 6.10 Å². The zero-order valence-electron chi connectivity index (χ0n) is 8.35. The third-order valence-electron chi connectivity index (χ3n) is 2.73. The largest absolute Gasteiger partial charge is 0.393 e. The number of nitrogens with one attached hydrogen (secondary N) is 1. The number of aliphatic hydroxyl groups is 1. The molecule has 1 aliphatic carbocycles. The van der Waals surface area contributed by atoms with E-state index >= 15 is 0 Å². The number of rotatable bonds is 3. The van der Waals surface area contributed by atoms with Crippen LogP contribution in [0.1, 0.15) is 18.4 Å². The second kappa shape index (κ2) is 4.28. The minimum absolute atomic E-state index is 0.124. The van der Waals surface area contributed by atoms with Crippen molar-refractivity contribution in [2.24, 2.45) is 5.92 Å². The molecule has 1 aliphatic rings. The summed E-state index contributed by atoms with van der Waals surface area (Å²) in [5.41, 5.74) is 1.39. The number of aromatic nitrogens is 1. The Bertz CT molecular complexity index is 380. The number of nitrogens with zero attached hydrogens (tertiary/aromatic N) is 2. The molecule has 0 amide bonds. The Balaban J connectivity index is 1.91. The van der Waals surface area contributed by atoms with Crippen molar-refractivity contribution >= 4 is 5.69 Å². The minimum atomic E-state index is -0.124. The summed E-state index contributed by atoms with van der Waals surface area (Å²) >= 11 is 0. The van der Waals surface area contributed by atoms with Gasteiger partial charge >= 0.3 is 0 Å². The molecular formula is C11H13N3O. The SMILES string of the molecule is N#Cc1ccncc1NCC1CC(O)C1. The van der Waals surface area contributed by atoms with Crippen LogP contribution in [-0.4, -0.2) is 22.7 Å². The monoisotopic (exact) mass is 203 g/mol. The molecule has 0 unspecified atom stereocenters. The number of aliphatic hydroxyl groups excluding tert-OH is 1. The van der Waals surface area contributed by atoms with Gasteiger partial charge in [-0.2, -0.15) is 5.26 Å². The first-order chi connectivity index (χ1) is 7.29. The molecule has 0 aliphatic heterocycles. The van der Waals surface area contributed by atoms with E-state index in [0.717, 1.165) is 25.1 Å². The molecule has 1 saturated carbocycles. The molecule has 4 heteroatoms. The fraction of sp³-hybridized carbons (Fsp3) is 0.455.